The maximum Gasteiger partial charge on any atom is 0.398 e. The first kappa shape index (κ1) is 11.0. The minimum absolute atomic E-state index is 0.192. The van der Waals surface area contributed by atoms with E-state index in [0.29, 0.717) is 6.08 Å². The first-order valence-electron chi connectivity index (χ1n) is 3.94. The maximum absolute atomic E-state index is 13.0. The van der Waals surface area contributed by atoms with Crippen LogP contribution < -0.4 is 0 Å². The zero-order valence-corrected chi connectivity index (χ0v) is 7.36. The molecule has 0 amide bonds. The van der Waals surface area contributed by atoms with Crippen molar-refractivity contribution in [3.63, 3.8) is 0 Å². The molecule has 0 aromatic heterocycles. The highest BCUT2D eigenvalue weighted by Crippen LogP contribution is 2.45. The summed E-state index contributed by atoms with van der Waals surface area (Å²) in [7, 11) is 0. The number of hydrogen-bond acceptors (Lipinski definition) is 1. The minimum Gasteiger partial charge on any atom is -0.297 e. The van der Waals surface area contributed by atoms with E-state index in [1.165, 1.54) is 0 Å². The van der Waals surface area contributed by atoms with Crippen LogP contribution in [0.25, 0.3) is 0 Å². The molecule has 0 fully saturated rings. The van der Waals surface area contributed by atoms with Gasteiger partial charge in [-0.3, -0.25) is 4.79 Å². The summed E-state index contributed by atoms with van der Waals surface area (Å²) in [5.74, 6) is 0. The zero-order chi connectivity index (χ0) is 11.0. The standard InChI is InChI=1S/C9H8F4O/c1-8(9(11,12)13)3-2-6(5-14)7(10)4-8/h3,5,7H,4H2,1H3. The predicted octanol–water partition coefficient (Wildman–Crippen LogP) is 2.58. The van der Waals surface area contributed by atoms with Gasteiger partial charge in [0.05, 0.1) is 11.0 Å². The third-order valence-corrected chi connectivity index (χ3v) is 2.27. The van der Waals surface area contributed by atoms with Crippen LogP contribution >= 0.6 is 0 Å². The quantitative estimate of drug-likeness (QED) is 0.367. The Kier molecular flexibility index (Phi) is 2.54. The van der Waals surface area contributed by atoms with Crippen molar-refractivity contribution in [3.05, 3.63) is 17.4 Å². The number of rotatable bonds is 1. The van der Waals surface area contributed by atoms with Crippen LogP contribution in [0.3, 0.4) is 0 Å². The van der Waals surface area contributed by atoms with E-state index in [9.17, 15) is 22.4 Å². The van der Waals surface area contributed by atoms with E-state index >= 15 is 0 Å². The summed E-state index contributed by atoms with van der Waals surface area (Å²) in [5.41, 5.74) is -0.534. The molecule has 2 unspecified atom stereocenters. The Morgan fingerprint density at radius 1 is 1.64 bits per heavy atom. The normalized spacial score (nSPS) is 32.6. The van der Waals surface area contributed by atoms with Crippen molar-refractivity contribution in [1.82, 2.24) is 0 Å². The number of alkyl halides is 4. The molecule has 5 heteroatoms. The molecule has 1 aliphatic carbocycles. The van der Waals surface area contributed by atoms with E-state index in [1.54, 1.807) is 0 Å². The third-order valence-electron chi connectivity index (χ3n) is 2.27. The second kappa shape index (κ2) is 3.24. The molecule has 1 nitrogen and oxygen atoms in total. The van der Waals surface area contributed by atoms with E-state index in [1.807, 2.05) is 5.73 Å². The van der Waals surface area contributed by atoms with E-state index in [4.69, 9.17) is 0 Å². The molecule has 0 spiro atoms. The van der Waals surface area contributed by atoms with E-state index < -0.39 is 24.2 Å². The summed E-state index contributed by atoms with van der Waals surface area (Å²) in [6.07, 6.45) is -6.25. The van der Waals surface area contributed by atoms with Crippen LogP contribution in [0, 0.1) is 5.41 Å². The van der Waals surface area contributed by atoms with Gasteiger partial charge in [0, 0.05) is 6.42 Å². The van der Waals surface area contributed by atoms with Crippen LogP contribution in [-0.4, -0.2) is 18.6 Å². The Morgan fingerprint density at radius 3 is 2.57 bits per heavy atom. The largest absolute Gasteiger partial charge is 0.398 e. The highest BCUT2D eigenvalue weighted by atomic mass is 19.4. The van der Waals surface area contributed by atoms with Gasteiger partial charge in [-0.25, -0.2) is 4.39 Å². The van der Waals surface area contributed by atoms with Crippen LogP contribution in [0.15, 0.2) is 17.4 Å². The van der Waals surface area contributed by atoms with E-state index in [-0.39, 0.29) is 11.9 Å². The van der Waals surface area contributed by atoms with E-state index in [2.05, 4.69) is 0 Å². The Balaban J connectivity index is 3.11. The highest BCUT2D eigenvalue weighted by Gasteiger charge is 2.52. The molecule has 0 heterocycles. The summed E-state index contributed by atoms with van der Waals surface area (Å²) in [5, 5.41) is 0. The van der Waals surface area contributed by atoms with Crippen molar-refractivity contribution in [1.29, 1.82) is 0 Å². The molecular formula is C9H8F4O. The van der Waals surface area contributed by atoms with Crippen molar-refractivity contribution in [2.45, 2.75) is 25.7 Å². The van der Waals surface area contributed by atoms with Gasteiger partial charge in [-0.1, -0.05) is 0 Å². The smallest absolute Gasteiger partial charge is 0.297 e. The van der Waals surface area contributed by atoms with Gasteiger partial charge in [0.15, 0.2) is 6.29 Å². The second-order valence-corrected chi connectivity index (χ2v) is 3.45. The monoisotopic (exact) mass is 208 g/mol. The first-order valence-corrected chi connectivity index (χ1v) is 3.94. The van der Waals surface area contributed by atoms with Crippen molar-refractivity contribution in [3.8, 4) is 0 Å². The lowest BCUT2D eigenvalue weighted by Gasteiger charge is -2.31. The SMILES string of the molecule is CC1(C(F)(F)F)C=C=C(C=O)C(F)C1. The molecule has 0 bridgehead atoms. The third kappa shape index (κ3) is 1.73. The molecule has 78 valence electrons. The van der Waals surface area contributed by atoms with Gasteiger partial charge in [-0.05, 0) is 13.0 Å². The summed E-state index contributed by atoms with van der Waals surface area (Å²) in [4.78, 5) is 10.2. The summed E-state index contributed by atoms with van der Waals surface area (Å²) >= 11 is 0. The molecule has 0 aromatic rings. The number of carbonyl (C=O) groups excluding carboxylic acids is 1. The van der Waals surface area contributed by atoms with Gasteiger partial charge < -0.3 is 0 Å². The van der Waals surface area contributed by atoms with E-state index in [0.717, 1.165) is 6.92 Å². The fraction of sp³-hybridized carbons (Fsp3) is 0.556. The van der Waals surface area contributed by atoms with Crippen molar-refractivity contribution in [2.24, 2.45) is 5.41 Å². The van der Waals surface area contributed by atoms with Gasteiger partial charge in [-0.2, -0.15) is 13.2 Å². The minimum atomic E-state index is -4.52. The van der Waals surface area contributed by atoms with Crippen LogP contribution in [-0.2, 0) is 4.79 Å². The molecule has 1 aliphatic rings. The summed E-state index contributed by atoms with van der Waals surface area (Å²) < 4.78 is 50.2. The lowest BCUT2D eigenvalue weighted by Crippen LogP contribution is -2.37. The zero-order valence-electron chi connectivity index (χ0n) is 7.36. The summed E-state index contributed by atoms with van der Waals surface area (Å²) in [6.45, 7) is 0.883. The van der Waals surface area contributed by atoms with Crippen LogP contribution in [0.1, 0.15) is 13.3 Å². The number of halogens is 4. The fourth-order valence-electron chi connectivity index (χ4n) is 1.18. The van der Waals surface area contributed by atoms with Gasteiger partial charge in [0.25, 0.3) is 0 Å². The molecule has 1 rings (SSSR count). The Hall–Kier alpha value is -1.09. The molecule has 2 atom stereocenters. The Morgan fingerprint density at radius 2 is 2.21 bits per heavy atom. The highest BCUT2D eigenvalue weighted by molar-refractivity contribution is 5.74. The lowest BCUT2D eigenvalue weighted by atomic mass is 9.79. The van der Waals surface area contributed by atoms with Crippen LogP contribution in [0.5, 0.6) is 0 Å². The second-order valence-electron chi connectivity index (χ2n) is 3.45. The molecule has 0 radical (unpaired) electrons. The van der Waals surface area contributed by atoms with Gasteiger partial charge in [0.2, 0.25) is 0 Å². The first-order chi connectivity index (χ1) is 6.30. The average Bonchev–Trinajstić information content (AvgIpc) is 2.02. The van der Waals surface area contributed by atoms with Crippen LogP contribution in [0.2, 0.25) is 0 Å². The van der Waals surface area contributed by atoms with Gasteiger partial charge >= 0.3 is 6.18 Å². The molecule has 14 heavy (non-hydrogen) atoms. The van der Waals surface area contributed by atoms with Crippen molar-refractivity contribution >= 4 is 6.29 Å². The molecule has 0 saturated carbocycles. The number of carbonyl (C=O) groups is 1. The number of allylic oxidation sites excluding steroid dienone is 1. The van der Waals surface area contributed by atoms with Gasteiger partial charge in [0.1, 0.15) is 6.17 Å². The number of aldehydes is 1. The molecule has 0 aliphatic heterocycles. The maximum atomic E-state index is 13.0. The van der Waals surface area contributed by atoms with Gasteiger partial charge in [-0.15, -0.1) is 5.73 Å². The fourth-order valence-corrected chi connectivity index (χ4v) is 1.18. The topological polar surface area (TPSA) is 17.1 Å². The lowest BCUT2D eigenvalue weighted by molar-refractivity contribution is -0.205. The van der Waals surface area contributed by atoms with Crippen LogP contribution in [0.4, 0.5) is 17.6 Å². The Labute approximate surface area is 78.1 Å². The van der Waals surface area contributed by atoms with Crippen molar-refractivity contribution < 1.29 is 22.4 Å². The average molecular weight is 208 g/mol. The number of hydrogen-bond donors (Lipinski definition) is 0. The molecule has 0 N–H and O–H groups in total. The van der Waals surface area contributed by atoms with Crippen molar-refractivity contribution in [2.75, 3.05) is 0 Å². The predicted molar refractivity (Wildman–Crippen MR) is 41.3 cm³/mol. The Bertz CT molecular complexity index is 311. The molecule has 0 aromatic carbocycles. The summed E-state index contributed by atoms with van der Waals surface area (Å²) in [6, 6.07) is 0. The molecular weight excluding hydrogens is 200 g/mol. The molecule has 0 saturated heterocycles.